The molecule has 1 unspecified atom stereocenters. The maximum Gasteiger partial charge on any atom is 0.145 e. The lowest BCUT2D eigenvalue weighted by Gasteiger charge is -2.21. The molecule has 0 aliphatic rings. The number of hydrogen-bond donors (Lipinski definition) is 1. The number of aromatic hydroxyl groups is 1. The Balaban J connectivity index is 1.88. The van der Waals surface area contributed by atoms with Gasteiger partial charge in [-0.3, -0.25) is 9.97 Å². The number of nitrogens with zero attached hydrogens (tertiary/aromatic N) is 2. The lowest BCUT2D eigenvalue weighted by Crippen LogP contribution is -2.08. The van der Waals surface area contributed by atoms with Crippen molar-refractivity contribution in [3.05, 3.63) is 101 Å². The average molecular weight is 379 g/mol. The van der Waals surface area contributed by atoms with Gasteiger partial charge in [-0.25, -0.2) is 4.39 Å². The van der Waals surface area contributed by atoms with Gasteiger partial charge in [0.1, 0.15) is 17.1 Å². The standard InChI is InChI=1S/C22H16ClFN2O/c23-20-12-15(24)7-9-17(20)19(13-16-5-1-2-10-25-16)18-8-6-14-4-3-11-26-21(14)22(18)27/h1-12,19,27H,13H2. The molecule has 0 radical (unpaired) electrons. The second kappa shape index (κ2) is 7.33. The topological polar surface area (TPSA) is 46.0 Å². The first-order valence-electron chi connectivity index (χ1n) is 8.55. The summed E-state index contributed by atoms with van der Waals surface area (Å²) >= 11 is 6.35. The second-order valence-electron chi connectivity index (χ2n) is 6.32. The van der Waals surface area contributed by atoms with E-state index in [-0.39, 0.29) is 11.7 Å². The molecule has 134 valence electrons. The van der Waals surface area contributed by atoms with Gasteiger partial charge in [0.2, 0.25) is 0 Å². The minimum Gasteiger partial charge on any atom is -0.505 e. The van der Waals surface area contributed by atoms with Crippen molar-refractivity contribution in [2.24, 2.45) is 0 Å². The minimum absolute atomic E-state index is 0.106. The first kappa shape index (κ1) is 17.4. The largest absolute Gasteiger partial charge is 0.505 e. The highest BCUT2D eigenvalue weighted by molar-refractivity contribution is 6.31. The van der Waals surface area contributed by atoms with Gasteiger partial charge in [0.05, 0.1) is 0 Å². The summed E-state index contributed by atoms with van der Waals surface area (Å²) in [6.07, 6.45) is 3.88. The van der Waals surface area contributed by atoms with Gasteiger partial charge in [0.25, 0.3) is 0 Å². The van der Waals surface area contributed by atoms with Crippen LogP contribution in [0.5, 0.6) is 5.75 Å². The van der Waals surface area contributed by atoms with E-state index in [1.807, 2.05) is 42.5 Å². The Bertz CT molecular complexity index is 1100. The van der Waals surface area contributed by atoms with Gasteiger partial charge in [-0.1, -0.05) is 41.9 Å². The van der Waals surface area contributed by atoms with Crippen LogP contribution in [0.1, 0.15) is 22.7 Å². The molecular formula is C22H16ClFN2O. The molecular weight excluding hydrogens is 363 g/mol. The van der Waals surface area contributed by atoms with Crippen molar-refractivity contribution in [1.82, 2.24) is 9.97 Å². The highest BCUT2D eigenvalue weighted by Crippen LogP contribution is 2.39. The highest BCUT2D eigenvalue weighted by Gasteiger charge is 2.23. The molecule has 3 nitrogen and oxygen atoms in total. The number of rotatable bonds is 4. The maximum atomic E-state index is 13.6. The summed E-state index contributed by atoms with van der Waals surface area (Å²) in [5.74, 6) is -0.585. The van der Waals surface area contributed by atoms with Gasteiger partial charge in [-0.2, -0.15) is 0 Å². The summed E-state index contributed by atoms with van der Waals surface area (Å²) in [6.45, 7) is 0. The fourth-order valence-corrected chi connectivity index (χ4v) is 3.62. The smallest absolute Gasteiger partial charge is 0.145 e. The Hall–Kier alpha value is -2.98. The maximum absolute atomic E-state index is 13.6. The summed E-state index contributed by atoms with van der Waals surface area (Å²) < 4.78 is 13.6. The van der Waals surface area contributed by atoms with Crippen molar-refractivity contribution in [3.63, 3.8) is 0 Å². The van der Waals surface area contributed by atoms with Crippen LogP contribution in [0, 0.1) is 5.82 Å². The molecule has 0 saturated heterocycles. The van der Waals surface area contributed by atoms with Crippen LogP contribution < -0.4 is 0 Å². The highest BCUT2D eigenvalue weighted by atomic mass is 35.5. The van der Waals surface area contributed by atoms with E-state index in [1.54, 1.807) is 18.5 Å². The first-order chi connectivity index (χ1) is 13.1. The van der Waals surface area contributed by atoms with Crippen molar-refractivity contribution in [1.29, 1.82) is 0 Å². The number of aromatic nitrogens is 2. The SMILES string of the molecule is Oc1c(C(Cc2ccccn2)c2ccc(F)cc2Cl)ccc2cccnc12. The van der Waals surface area contributed by atoms with E-state index < -0.39 is 5.82 Å². The molecule has 0 aliphatic heterocycles. The Morgan fingerprint density at radius 1 is 0.926 bits per heavy atom. The number of fused-ring (bicyclic) bond motifs is 1. The zero-order valence-electron chi connectivity index (χ0n) is 14.3. The van der Waals surface area contributed by atoms with Crippen LogP contribution in [0.15, 0.2) is 73.1 Å². The monoisotopic (exact) mass is 378 g/mol. The summed E-state index contributed by atoms with van der Waals surface area (Å²) in [5, 5.41) is 12.1. The number of hydrogen-bond acceptors (Lipinski definition) is 3. The van der Waals surface area contributed by atoms with Crippen LogP contribution in [0.3, 0.4) is 0 Å². The lowest BCUT2D eigenvalue weighted by molar-refractivity contribution is 0.469. The molecule has 0 amide bonds. The Kier molecular flexibility index (Phi) is 4.73. The Morgan fingerprint density at radius 2 is 1.74 bits per heavy atom. The molecule has 2 aromatic carbocycles. The van der Waals surface area contributed by atoms with Crippen LogP contribution in [0.25, 0.3) is 10.9 Å². The number of halogens is 2. The van der Waals surface area contributed by atoms with Gasteiger partial charge in [-0.15, -0.1) is 0 Å². The first-order valence-corrected chi connectivity index (χ1v) is 8.93. The minimum atomic E-state index is -0.398. The summed E-state index contributed by atoms with van der Waals surface area (Å²) in [5.41, 5.74) is 2.79. The second-order valence-corrected chi connectivity index (χ2v) is 6.73. The van der Waals surface area contributed by atoms with Crippen LogP contribution in [0.4, 0.5) is 4.39 Å². The van der Waals surface area contributed by atoms with Crippen molar-refractivity contribution in [3.8, 4) is 5.75 Å². The third-order valence-electron chi connectivity index (χ3n) is 4.63. The van der Waals surface area contributed by atoms with E-state index in [2.05, 4.69) is 9.97 Å². The molecule has 2 aromatic heterocycles. The molecule has 0 saturated carbocycles. The van der Waals surface area contributed by atoms with E-state index >= 15 is 0 Å². The molecule has 4 aromatic rings. The van der Waals surface area contributed by atoms with Gasteiger partial charge >= 0.3 is 0 Å². The number of benzene rings is 2. The zero-order chi connectivity index (χ0) is 18.8. The number of pyridine rings is 2. The third kappa shape index (κ3) is 3.49. The molecule has 0 spiro atoms. The predicted molar refractivity (Wildman–Crippen MR) is 105 cm³/mol. The quantitative estimate of drug-likeness (QED) is 0.509. The predicted octanol–water partition coefficient (Wildman–Crippen LogP) is 5.50. The van der Waals surface area contributed by atoms with Gasteiger partial charge in [0, 0.05) is 46.4 Å². The van der Waals surface area contributed by atoms with Crippen molar-refractivity contribution < 1.29 is 9.50 Å². The summed E-state index contributed by atoms with van der Waals surface area (Å²) in [4.78, 5) is 8.70. The third-order valence-corrected chi connectivity index (χ3v) is 4.96. The molecule has 0 bridgehead atoms. The van der Waals surface area contributed by atoms with E-state index in [1.165, 1.54) is 12.1 Å². The Morgan fingerprint density at radius 3 is 2.52 bits per heavy atom. The Labute approximate surface area is 161 Å². The molecule has 4 rings (SSSR count). The summed E-state index contributed by atoms with van der Waals surface area (Å²) in [6, 6.07) is 17.5. The van der Waals surface area contributed by atoms with Crippen molar-refractivity contribution >= 4 is 22.5 Å². The molecule has 0 fully saturated rings. The average Bonchev–Trinajstić information content (AvgIpc) is 2.68. The van der Waals surface area contributed by atoms with Gasteiger partial charge < -0.3 is 5.11 Å². The molecule has 27 heavy (non-hydrogen) atoms. The van der Waals surface area contributed by atoms with E-state index in [0.717, 1.165) is 16.6 Å². The van der Waals surface area contributed by atoms with E-state index in [4.69, 9.17) is 11.6 Å². The molecule has 2 heterocycles. The zero-order valence-corrected chi connectivity index (χ0v) is 15.1. The lowest BCUT2D eigenvalue weighted by atomic mass is 9.86. The molecule has 5 heteroatoms. The normalized spacial score (nSPS) is 12.2. The van der Waals surface area contributed by atoms with Gasteiger partial charge in [-0.05, 0) is 35.9 Å². The fourth-order valence-electron chi connectivity index (χ4n) is 3.33. The van der Waals surface area contributed by atoms with E-state index in [9.17, 15) is 9.50 Å². The van der Waals surface area contributed by atoms with Gasteiger partial charge in [0.15, 0.2) is 0 Å². The van der Waals surface area contributed by atoms with Crippen molar-refractivity contribution in [2.75, 3.05) is 0 Å². The van der Waals surface area contributed by atoms with Crippen LogP contribution in [-0.2, 0) is 6.42 Å². The van der Waals surface area contributed by atoms with Crippen LogP contribution in [-0.4, -0.2) is 15.1 Å². The molecule has 1 N–H and O–H groups in total. The van der Waals surface area contributed by atoms with E-state index in [0.29, 0.717) is 22.5 Å². The molecule has 0 aliphatic carbocycles. The fraction of sp³-hybridized carbons (Fsp3) is 0.0909. The molecule has 1 atom stereocenters. The van der Waals surface area contributed by atoms with Crippen LogP contribution in [0.2, 0.25) is 5.02 Å². The van der Waals surface area contributed by atoms with Crippen molar-refractivity contribution in [2.45, 2.75) is 12.3 Å². The van der Waals surface area contributed by atoms with Crippen LogP contribution >= 0.6 is 11.6 Å². The summed E-state index contributed by atoms with van der Waals surface area (Å²) in [7, 11) is 0. The number of phenolic OH excluding ortho intramolecular Hbond substituents is 1. The number of phenols is 1.